The van der Waals surface area contributed by atoms with Gasteiger partial charge in [-0.25, -0.2) is 4.73 Å². The molecule has 56 valence electrons. The predicted molar refractivity (Wildman–Crippen MR) is 39.7 cm³/mol. The Balaban J connectivity index is 2.96. The molecule has 0 saturated carbocycles. The molecule has 0 unspecified atom stereocenters. The third-order valence-corrected chi connectivity index (χ3v) is 1.64. The summed E-state index contributed by atoms with van der Waals surface area (Å²) in [6.07, 6.45) is 3.13. The fourth-order valence-electron chi connectivity index (χ4n) is 1.13. The van der Waals surface area contributed by atoms with Gasteiger partial charge >= 0.3 is 5.65 Å². The van der Waals surface area contributed by atoms with Crippen LogP contribution in [0.3, 0.4) is 0 Å². The number of aryl methyl sites for hydroxylation is 1. The Hall–Kier alpha value is -1.58. The van der Waals surface area contributed by atoms with Crippen molar-refractivity contribution < 1.29 is 4.73 Å². The lowest BCUT2D eigenvalue weighted by Crippen LogP contribution is -2.27. The lowest BCUT2D eigenvalue weighted by molar-refractivity contribution is -0.580. The lowest BCUT2D eigenvalue weighted by atomic mass is 10.4. The SMILES string of the molecule is Cn1ncc2ccc[n+]([O-])c21. The van der Waals surface area contributed by atoms with Crippen LogP contribution in [0.1, 0.15) is 0 Å². The van der Waals surface area contributed by atoms with E-state index < -0.39 is 0 Å². The van der Waals surface area contributed by atoms with Gasteiger partial charge in [-0.15, -0.1) is 4.68 Å². The Morgan fingerprint density at radius 1 is 1.64 bits per heavy atom. The molecule has 0 saturated heterocycles. The Morgan fingerprint density at radius 3 is 3.18 bits per heavy atom. The first-order valence-electron chi connectivity index (χ1n) is 3.29. The molecule has 2 rings (SSSR count). The average molecular weight is 149 g/mol. The summed E-state index contributed by atoms with van der Waals surface area (Å²) in [4.78, 5) is 0. The lowest BCUT2D eigenvalue weighted by Gasteiger charge is -2.00. The van der Waals surface area contributed by atoms with E-state index in [0.717, 1.165) is 10.1 Å². The summed E-state index contributed by atoms with van der Waals surface area (Å²) >= 11 is 0. The summed E-state index contributed by atoms with van der Waals surface area (Å²) in [6.45, 7) is 0. The molecule has 0 radical (unpaired) electrons. The standard InChI is InChI=1S/C7H7N3O/c1-9-7-6(5-8-9)3-2-4-10(7)11/h2-5H,1H3. The molecule has 0 aromatic carbocycles. The van der Waals surface area contributed by atoms with Crippen molar-refractivity contribution >= 4 is 11.0 Å². The van der Waals surface area contributed by atoms with Gasteiger partial charge in [-0.3, -0.25) is 0 Å². The number of hydrogen-bond acceptors (Lipinski definition) is 2. The third-order valence-electron chi connectivity index (χ3n) is 1.64. The molecule has 0 spiro atoms. The zero-order valence-electron chi connectivity index (χ0n) is 6.06. The van der Waals surface area contributed by atoms with Crippen LogP contribution < -0.4 is 4.73 Å². The Bertz CT molecular complexity index is 393. The van der Waals surface area contributed by atoms with E-state index in [-0.39, 0.29) is 0 Å². The monoisotopic (exact) mass is 149 g/mol. The van der Waals surface area contributed by atoms with E-state index in [9.17, 15) is 5.21 Å². The zero-order chi connectivity index (χ0) is 7.84. The molecule has 11 heavy (non-hydrogen) atoms. The molecule has 4 heteroatoms. The first-order valence-corrected chi connectivity index (χ1v) is 3.29. The van der Waals surface area contributed by atoms with Gasteiger partial charge in [0.15, 0.2) is 0 Å². The largest absolute Gasteiger partial charge is 0.711 e. The van der Waals surface area contributed by atoms with E-state index in [1.54, 1.807) is 24.0 Å². The van der Waals surface area contributed by atoms with Crippen LogP contribution in [0.4, 0.5) is 0 Å². The molecule has 2 aromatic rings. The van der Waals surface area contributed by atoms with E-state index >= 15 is 0 Å². The maximum atomic E-state index is 11.1. The molecule has 0 aliphatic carbocycles. The number of rotatable bonds is 0. The second-order valence-electron chi connectivity index (χ2n) is 2.38. The van der Waals surface area contributed by atoms with Crippen molar-refractivity contribution in [2.45, 2.75) is 0 Å². The van der Waals surface area contributed by atoms with Gasteiger partial charge in [0.25, 0.3) is 0 Å². The molecule has 0 atom stereocenters. The van der Waals surface area contributed by atoms with Gasteiger partial charge in [-0.1, -0.05) is 5.10 Å². The number of hydrogen-bond donors (Lipinski definition) is 0. The van der Waals surface area contributed by atoms with Crippen molar-refractivity contribution in [2.24, 2.45) is 7.05 Å². The summed E-state index contributed by atoms with van der Waals surface area (Å²) in [5.74, 6) is 0. The van der Waals surface area contributed by atoms with Crippen LogP contribution in [-0.4, -0.2) is 9.78 Å². The van der Waals surface area contributed by atoms with E-state index in [0.29, 0.717) is 5.65 Å². The highest BCUT2D eigenvalue weighted by molar-refractivity contribution is 5.70. The summed E-state index contributed by atoms with van der Waals surface area (Å²) in [5, 5.41) is 15.9. The molecule has 2 aromatic heterocycles. The predicted octanol–water partition coefficient (Wildman–Crippen LogP) is 0.207. The van der Waals surface area contributed by atoms with E-state index in [2.05, 4.69) is 5.10 Å². The van der Waals surface area contributed by atoms with Gasteiger partial charge < -0.3 is 5.21 Å². The van der Waals surface area contributed by atoms with Crippen molar-refractivity contribution in [3.05, 3.63) is 29.7 Å². The van der Waals surface area contributed by atoms with E-state index in [1.807, 2.05) is 6.07 Å². The van der Waals surface area contributed by atoms with Crippen LogP contribution in [0.25, 0.3) is 11.0 Å². The summed E-state index contributed by atoms with van der Waals surface area (Å²) in [6, 6.07) is 3.56. The van der Waals surface area contributed by atoms with Gasteiger partial charge in [0, 0.05) is 0 Å². The molecule has 2 heterocycles. The minimum absolute atomic E-state index is 0.590. The number of fused-ring (bicyclic) bond motifs is 1. The number of aromatic nitrogens is 3. The summed E-state index contributed by atoms with van der Waals surface area (Å²) in [7, 11) is 1.75. The smallest absolute Gasteiger partial charge is 0.313 e. The highest BCUT2D eigenvalue weighted by Crippen LogP contribution is 2.05. The maximum absolute atomic E-state index is 11.1. The second kappa shape index (κ2) is 1.95. The number of nitrogens with zero attached hydrogens (tertiary/aromatic N) is 3. The van der Waals surface area contributed by atoms with E-state index in [1.165, 1.54) is 6.20 Å². The Kier molecular flexibility index (Phi) is 1.09. The molecule has 0 aliphatic rings. The quantitative estimate of drug-likeness (QED) is 0.397. The minimum Gasteiger partial charge on any atom is -0.711 e. The summed E-state index contributed by atoms with van der Waals surface area (Å²) in [5.41, 5.74) is 0.590. The van der Waals surface area contributed by atoms with Crippen LogP contribution in [0.15, 0.2) is 24.5 Å². The Labute approximate surface area is 63.3 Å². The maximum Gasteiger partial charge on any atom is 0.313 e. The molecular weight excluding hydrogens is 142 g/mol. The van der Waals surface area contributed by atoms with Gasteiger partial charge in [0.2, 0.25) is 0 Å². The summed E-state index contributed by atoms with van der Waals surface area (Å²) < 4.78 is 2.37. The molecule has 0 bridgehead atoms. The third kappa shape index (κ3) is 0.756. The highest BCUT2D eigenvalue weighted by atomic mass is 16.5. The molecule has 0 amide bonds. The second-order valence-corrected chi connectivity index (χ2v) is 2.38. The van der Waals surface area contributed by atoms with Crippen LogP contribution in [0, 0.1) is 5.21 Å². The van der Waals surface area contributed by atoms with Gasteiger partial charge in [-0.2, -0.15) is 0 Å². The fourth-order valence-corrected chi connectivity index (χ4v) is 1.13. The van der Waals surface area contributed by atoms with Crippen molar-refractivity contribution in [2.75, 3.05) is 0 Å². The highest BCUT2D eigenvalue weighted by Gasteiger charge is 2.06. The van der Waals surface area contributed by atoms with Crippen molar-refractivity contribution in [1.29, 1.82) is 0 Å². The van der Waals surface area contributed by atoms with Crippen LogP contribution >= 0.6 is 0 Å². The molecular formula is C7H7N3O. The minimum atomic E-state index is 0.590. The van der Waals surface area contributed by atoms with Crippen molar-refractivity contribution in [3.63, 3.8) is 0 Å². The van der Waals surface area contributed by atoms with Crippen molar-refractivity contribution in [3.8, 4) is 0 Å². The molecule has 0 fully saturated rings. The van der Waals surface area contributed by atoms with Crippen LogP contribution in [0.2, 0.25) is 0 Å². The van der Waals surface area contributed by atoms with E-state index in [4.69, 9.17) is 0 Å². The van der Waals surface area contributed by atoms with Gasteiger partial charge in [0.05, 0.1) is 17.8 Å². The topological polar surface area (TPSA) is 44.8 Å². The average Bonchev–Trinajstić information content (AvgIpc) is 2.34. The van der Waals surface area contributed by atoms with Crippen LogP contribution in [-0.2, 0) is 7.05 Å². The van der Waals surface area contributed by atoms with Crippen LogP contribution in [0.5, 0.6) is 0 Å². The van der Waals surface area contributed by atoms with Crippen molar-refractivity contribution in [1.82, 2.24) is 9.78 Å². The van der Waals surface area contributed by atoms with Gasteiger partial charge in [-0.05, 0) is 12.1 Å². The number of pyridine rings is 1. The normalized spacial score (nSPS) is 10.6. The fraction of sp³-hybridized carbons (Fsp3) is 0.143. The molecule has 4 nitrogen and oxygen atoms in total. The first kappa shape index (κ1) is 6.15. The Morgan fingerprint density at radius 2 is 2.45 bits per heavy atom. The van der Waals surface area contributed by atoms with Gasteiger partial charge in [0.1, 0.15) is 7.05 Å². The zero-order valence-corrected chi connectivity index (χ0v) is 6.06. The molecule has 0 aliphatic heterocycles. The first-order chi connectivity index (χ1) is 5.29. The molecule has 0 N–H and O–H groups in total.